The van der Waals surface area contributed by atoms with Crippen LogP contribution in [0.1, 0.15) is 25.7 Å². The molecule has 0 bridgehead atoms. The topological polar surface area (TPSA) is 55.8 Å². The molecular weight excluding hydrogens is 316 g/mol. The second kappa shape index (κ2) is 29.6. The molecule has 0 aromatic carbocycles. The van der Waals surface area contributed by atoms with Gasteiger partial charge < -0.3 is 19.4 Å². The van der Waals surface area contributed by atoms with Crippen molar-refractivity contribution in [3.05, 3.63) is 49.6 Å². The molecule has 0 aromatic heterocycles. The fourth-order valence-corrected chi connectivity index (χ4v) is 1.23. The van der Waals surface area contributed by atoms with Gasteiger partial charge in [0.05, 0.1) is 0 Å². The molecule has 4 nitrogen and oxygen atoms in total. The third-order valence-corrected chi connectivity index (χ3v) is 2.32. The van der Waals surface area contributed by atoms with E-state index in [0.717, 1.165) is 32.7 Å². The number of carbonyl (C=O) groups excluding carboxylic acids is 1. The molecule has 0 aliphatic rings. The quantitative estimate of drug-likeness (QED) is 0.316. The van der Waals surface area contributed by atoms with Gasteiger partial charge in [-0.1, -0.05) is 49.0 Å². The number of carbonyl (C=O) groups is 1. The number of hydrogen-bond acceptors (Lipinski definition) is 4. The molecule has 0 fully saturated rings. The van der Waals surface area contributed by atoms with Crippen LogP contribution in [0, 0.1) is 23.7 Å². The Morgan fingerprint density at radius 1 is 0.880 bits per heavy atom. The van der Waals surface area contributed by atoms with Gasteiger partial charge in [0.2, 0.25) is 0 Å². The molecule has 0 radical (unpaired) electrons. The molecule has 0 spiro atoms. The lowest BCUT2D eigenvalue weighted by atomic mass is 10.3. The smallest absolute Gasteiger partial charge is 0.157 e. The van der Waals surface area contributed by atoms with E-state index in [4.69, 9.17) is 14.6 Å². The Balaban J connectivity index is -0.000000362. The predicted molar refractivity (Wildman–Crippen MR) is 105 cm³/mol. The molecule has 0 unspecified atom stereocenters. The predicted octanol–water partition coefficient (Wildman–Crippen LogP) is 3.45. The Kier molecular flexibility index (Phi) is 32.6. The van der Waals surface area contributed by atoms with Gasteiger partial charge in [-0.3, -0.25) is 0 Å². The zero-order valence-corrected chi connectivity index (χ0v) is 15.5. The van der Waals surface area contributed by atoms with E-state index in [0.29, 0.717) is 6.42 Å². The highest BCUT2D eigenvalue weighted by Crippen LogP contribution is 2.01. The first kappa shape index (κ1) is 27.5. The van der Waals surface area contributed by atoms with Gasteiger partial charge in [0.25, 0.3) is 0 Å². The molecule has 0 heterocycles. The molecule has 1 N–H and O–H groups in total. The first-order valence-corrected chi connectivity index (χ1v) is 7.74. The van der Waals surface area contributed by atoms with Crippen LogP contribution in [0.25, 0.3) is 0 Å². The van der Waals surface area contributed by atoms with Crippen LogP contribution in [0.15, 0.2) is 49.6 Å². The van der Waals surface area contributed by atoms with Crippen LogP contribution < -0.4 is 0 Å². The average Bonchev–Trinajstić information content (AvgIpc) is 2.66. The van der Waals surface area contributed by atoms with Crippen molar-refractivity contribution < 1.29 is 19.4 Å². The Labute approximate surface area is 152 Å². The van der Waals surface area contributed by atoms with E-state index >= 15 is 0 Å². The number of rotatable bonds is 8. The number of unbranched alkanes of at least 4 members (excludes halogenated alkanes) is 1. The van der Waals surface area contributed by atoms with Crippen LogP contribution in [-0.4, -0.2) is 39.0 Å². The summed E-state index contributed by atoms with van der Waals surface area (Å²) in [6.45, 7) is 6.92. The van der Waals surface area contributed by atoms with Gasteiger partial charge in [-0.25, -0.2) is 0 Å². The summed E-state index contributed by atoms with van der Waals surface area (Å²) >= 11 is 0. The highest BCUT2D eigenvalue weighted by atomic mass is 16.7. The molecule has 25 heavy (non-hydrogen) atoms. The summed E-state index contributed by atoms with van der Waals surface area (Å²) in [6.07, 6.45) is 14.4. The van der Waals surface area contributed by atoms with Crippen LogP contribution >= 0.6 is 0 Å². The highest BCUT2D eigenvalue weighted by Gasteiger charge is 2.01. The molecule has 0 aliphatic carbocycles. The number of ether oxygens (including phenoxy) is 2. The molecular formula is C21H30O4. The third-order valence-electron chi connectivity index (χ3n) is 2.32. The van der Waals surface area contributed by atoms with Gasteiger partial charge in [-0.2, -0.15) is 0 Å². The monoisotopic (exact) mass is 346 g/mol. The SMILES string of the molecule is C=CC#C/C=C\CCC(OC)OC.C=CC#C/C=C\CCC=O.CO. The van der Waals surface area contributed by atoms with Crippen molar-refractivity contribution >= 4 is 6.29 Å². The maximum absolute atomic E-state index is 9.81. The third kappa shape index (κ3) is 30.1. The van der Waals surface area contributed by atoms with Gasteiger partial charge in [0, 0.05) is 34.2 Å². The van der Waals surface area contributed by atoms with E-state index in [2.05, 4.69) is 36.8 Å². The van der Waals surface area contributed by atoms with Crippen molar-refractivity contribution in [3.63, 3.8) is 0 Å². The molecule has 4 heteroatoms. The van der Waals surface area contributed by atoms with Crippen molar-refractivity contribution in [1.29, 1.82) is 0 Å². The number of aldehydes is 1. The Morgan fingerprint density at radius 2 is 1.36 bits per heavy atom. The second-order valence-corrected chi connectivity index (χ2v) is 4.01. The minimum absolute atomic E-state index is 0.114. The van der Waals surface area contributed by atoms with Crippen molar-refractivity contribution in [1.82, 2.24) is 0 Å². The number of aliphatic hydroxyl groups is 1. The number of methoxy groups -OCH3 is 2. The maximum Gasteiger partial charge on any atom is 0.157 e. The van der Waals surface area contributed by atoms with E-state index in [1.807, 2.05) is 18.2 Å². The average molecular weight is 346 g/mol. The fraction of sp³-hybridized carbons (Fsp3) is 0.381. The minimum atomic E-state index is -0.114. The summed E-state index contributed by atoms with van der Waals surface area (Å²) < 4.78 is 10.0. The van der Waals surface area contributed by atoms with E-state index in [-0.39, 0.29) is 6.29 Å². The van der Waals surface area contributed by atoms with E-state index in [1.165, 1.54) is 6.08 Å². The molecule has 0 aliphatic heterocycles. The second-order valence-electron chi connectivity index (χ2n) is 4.01. The lowest BCUT2D eigenvalue weighted by molar-refractivity contribution is -0.107. The summed E-state index contributed by atoms with van der Waals surface area (Å²) in [5.74, 6) is 10.9. The van der Waals surface area contributed by atoms with E-state index < -0.39 is 0 Å². The van der Waals surface area contributed by atoms with Crippen LogP contribution in [0.4, 0.5) is 0 Å². The zero-order chi connectivity index (χ0) is 19.6. The van der Waals surface area contributed by atoms with Crippen molar-refractivity contribution in [2.45, 2.75) is 32.0 Å². The summed E-state index contributed by atoms with van der Waals surface area (Å²) in [5.41, 5.74) is 0. The number of hydrogen-bond donors (Lipinski definition) is 1. The van der Waals surface area contributed by atoms with Gasteiger partial charge in [-0.05, 0) is 37.1 Å². The lowest BCUT2D eigenvalue weighted by Gasteiger charge is -2.10. The Hall–Kier alpha value is -2.37. The molecule has 0 atom stereocenters. The summed E-state index contributed by atoms with van der Waals surface area (Å²) in [7, 11) is 4.27. The lowest BCUT2D eigenvalue weighted by Crippen LogP contribution is -2.11. The summed E-state index contributed by atoms with van der Waals surface area (Å²) in [4.78, 5) is 9.81. The summed E-state index contributed by atoms with van der Waals surface area (Å²) in [5, 5.41) is 7.00. The zero-order valence-electron chi connectivity index (χ0n) is 15.5. The largest absolute Gasteiger partial charge is 0.400 e. The van der Waals surface area contributed by atoms with Crippen LogP contribution in [0.5, 0.6) is 0 Å². The Bertz CT molecular complexity index is 477. The van der Waals surface area contributed by atoms with Crippen LogP contribution in [-0.2, 0) is 14.3 Å². The van der Waals surface area contributed by atoms with Crippen molar-refractivity contribution in [2.24, 2.45) is 0 Å². The normalized spacial score (nSPS) is 8.84. The molecule has 138 valence electrons. The molecule has 0 rings (SSSR count). The van der Waals surface area contributed by atoms with Crippen LogP contribution in [0.3, 0.4) is 0 Å². The first-order valence-electron chi connectivity index (χ1n) is 7.74. The highest BCUT2D eigenvalue weighted by molar-refractivity contribution is 5.49. The first-order chi connectivity index (χ1) is 12.3. The number of allylic oxidation sites excluding steroid dienone is 6. The van der Waals surface area contributed by atoms with E-state index in [1.54, 1.807) is 26.4 Å². The molecule has 0 saturated heterocycles. The van der Waals surface area contributed by atoms with Gasteiger partial charge in [0.15, 0.2) is 6.29 Å². The van der Waals surface area contributed by atoms with Gasteiger partial charge >= 0.3 is 0 Å². The minimum Gasteiger partial charge on any atom is -0.400 e. The van der Waals surface area contributed by atoms with Crippen molar-refractivity contribution in [3.8, 4) is 23.7 Å². The maximum atomic E-state index is 9.81. The summed E-state index contributed by atoms with van der Waals surface area (Å²) in [6, 6.07) is 0. The molecule has 0 aromatic rings. The van der Waals surface area contributed by atoms with Crippen molar-refractivity contribution in [2.75, 3.05) is 21.3 Å². The standard InChI is InChI=1S/C11H16O2.C9H10O.CH4O/c1-4-5-6-7-8-9-10-11(12-2)13-3;1-2-3-4-5-6-7-8-9-10;1-2/h4,7-8,11H,1,9-10H2,2-3H3;2,5-6,9H,1,7-8H2;2H,1H3/b8-7-;6-5-;. The fourth-order valence-electron chi connectivity index (χ4n) is 1.23. The van der Waals surface area contributed by atoms with Gasteiger partial charge in [0.1, 0.15) is 6.29 Å². The number of aliphatic hydroxyl groups excluding tert-OH is 1. The van der Waals surface area contributed by atoms with Gasteiger partial charge in [-0.15, -0.1) is 0 Å². The Morgan fingerprint density at radius 3 is 1.76 bits per heavy atom. The van der Waals surface area contributed by atoms with Crippen LogP contribution in [0.2, 0.25) is 0 Å². The van der Waals surface area contributed by atoms with E-state index in [9.17, 15) is 4.79 Å². The molecule has 0 saturated carbocycles. The molecule has 0 amide bonds.